The van der Waals surface area contributed by atoms with E-state index in [1.165, 1.54) is 11.1 Å². The molecule has 1 aliphatic heterocycles. The smallest absolute Gasteiger partial charge is 0.244 e. The number of pyridine rings is 1. The van der Waals surface area contributed by atoms with Gasteiger partial charge < -0.3 is 4.52 Å². The molecular formula is C22H22N6O. The number of aromatic nitrogens is 5. The van der Waals surface area contributed by atoms with Crippen molar-refractivity contribution in [2.75, 3.05) is 6.54 Å². The Kier molecular flexibility index (Phi) is 4.65. The highest BCUT2D eigenvalue weighted by Crippen LogP contribution is 2.33. The van der Waals surface area contributed by atoms with Crippen molar-refractivity contribution in [1.82, 2.24) is 29.6 Å². The van der Waals surface area contributed by atoms with Gasteiger partial charge in [0.1, 0.15) is 12.1 Å². The molecule has 0 N–H and O–H groups in total. The maximum absolute atomic E-state index is 5.65. The van der Waals surface area contributed by atoms with Crippen LogP contribution in [0.3, 0.4) is 0 Å². The zero-order chi connectivity index (χ0) is 19.6. The van der Waals surface area contributed by atoms with E-state index in [-0.39, 0.29) is 6.04 Å². The molecule has 0 amide bonds. The number of benzene rings is 1. The second-order valence-electron chi connectivity index (χ2n) is 7.45. The van der Waals surface area contributed by atoms with Crippen molar-refractivity contribution in [2.24, 2.45) is 0 Å². The molecule has 146 valence electrons. The van der Waals surface area contributed by atoms with Crippen LogP contribution in [0.1, 0.15) is 35.9 Å². The first-order valence-corrected chi connectivity index (χ1v) is 9.84. The lowest BCUT2D eigenvalue weighted by Gasteiger charge is -2.21. The van der Waals surface area contributed by atoms with Crippen molar-refractivity contribution in [3.8, 4) is 17.2 Å². The van der Waals surface area contributed by atoms with Gasteiger partial charge in [-0.3, -0.25) is 9.47 Å². The highest BCUT2D eigenvalue weighted by atomic mass is 16.5. The third kappa shape index (κ3) is 3.69. The van der Waals surface area contributed by atoms with E-state index in [0.717, 1.165) is 37.3 Å². The normalized spacial score (nSPS) is 17.1. The first-order chi connectivity index (χ1) is 14.3. The second kappa shape index (κ2) is 7.60. The lowest BCUT2D eigenvalue weighted by atomic mass is 10.1. The largest absolute Gasteiger partial charge is 0.337 e. The van der Waals surface area contributed by atoms with E-state index in [9.17, 15) is 0 Å². The number of imidazole rings is 1. The fraction of sp³-hybridized carbons (Fsp3) is 0.273. The van der Waals surface area contributed by atoms with Crippen LogP contribution < -0.4 is 0 Å². The summed E-state index contributed by atoms with van der Waals surface area (Å²) >= 11 is 0. The Hall–Kier alpha value is -3.32. The van der Waals surface area contributed by atoms with Gasteiger partial charge in [0.15, 0.2) is 0 Å². The fourth-order valence-corrected chi connectivity index (χ4v) is 3.78. The van der Waals surface area contributed by atoms with Crippen LogP contribution in [-0.4, -0.2) is 36.1 Å². The van der Waals surface area contributed by atoms with Crippen LogP contribution in [0.4, 0.5) is 0 Å². The summed E-state index contributed by atoms with van der Waals surface area (Å²) < 4.78 is 7.50. The van der Waals surface area contributed by atoms with Gasteiger partial charge in [0, 0.05) is 30.7 Å². The molecule has 7 nitrogen and oxygen atoms in total. The van der Waals surface area contributed by atoms with E-state index < -0.39 is 0 Å². The van der Waals surface area contributed by atoms with Gasteiger partial charge in [0.05, 0.1) is 6.04 Å². The van der Waals surface area contributed by atoms with E-state index in [2.05, 4.69) is 56.2 Å². The van der Waals surface area contributed by atoms with Gasteiger partial charge in [0.2, 0.25) is 11.7 Å². The summed E-state index contributed by atoms with van der Waals surface area (Å²) in [7, 11) is 0. The quantitative estimate of drug-likeness (QED) is 0.517. The third-order valence-electron chi connectivity index (χ3n) is 5.37. The monoisotopic (exact) mass is 386 g/mol. The number of nitrogens with zero attached hydrogens (tertiary/aromatic N) is 6. The Balaban J connectivity index is 1.33. The molecular weight excluding hydrogens is 364 g/mol. The predicted octanol–water partition coefficient (Wildman–Crippen LogP) is 3.96. The summed E-state index contributed by atoms with van der Waals surface area (Å²) in [6.07, 6.45) is 9.24. The lowest BCUT2D eigenvalue weighted by Crippen LogP contribution is -2.23. The molecule has 5 rings (SSSR count). The summed E-state index contributed by atoms with van der Waals surface area (Å²) in [5.41, 5.74) is 3.43. The Morgan fingerprint density at radius 3 is 2.79 bits per heavy atom. The van der Waals surface area contributed by atoms with Crippen LogP contribution in [-0.2, 0) is 6.54 Å². The van der Waals surface area contributed by atoms with Crippen molar-refractivity contribution in [3.63, 3.8) is 0 Å². The van der Waals surface area contributed by atoms with Crippen LogP contribution in [0.15, 0.2) is 65.8 Å². The SMILES string of the molecule is Cc1ccc(CN2CCCC2c2nc(-c3ccc(-n4ccnc4)nc3)no2)cc1. The van der Waals surface area contributed by atoms with Crippen LogP contribution in [0, 0.1) is 6.92 Å². The molecule has 29 heavy (non-hydrogen) atoms. The molecule has 1 saturated heterocycles. The molecule has 0 radical (unpaired) electrons. The van der Waals surface area contributed by atoms with Gasteiger partial charge in [-0.1, -0.05) is 35.0 Å². The minimum absolute atomic E-state index is 0.163. The first-order valence-electron chi connectivity index (χ1n) is 9.84. The average Bonchev–Trinajstić information content (AvgIpc) is 3.51. The number of rotatable bonds is 5. The van der Waals surface area contributed by atoms with E-state index in [1.54, 1.807) is 18.7 Å². The maximum Gasteiger partial charge on any atom is 0.244 e. The minimum Gasteiger partial charge on any atom is -0.337 e. The van der Waals surface area contributed by atoms with Gasteiger partial charge >= 0.3 is 0 Å². The van der Waals surface area contributed by atoms with Crippen molar-refractivity contribution in [2.45, 2.75) is 32.4 Å². The molecule has 0 saturated carbocycles. The van der Waals surface area contributed by atoms with E-state index in [1.807, 2.05) is 22.9 Å². The molecule has 4 aromatic rings. The highest BCUT2D eigenvalue weighted by molar-refractivity contribution is 5.53. The molecule has 0 spiro atoms. The Morgan fingerprint density at radius 2 is 2.03 bits per heavy atom. The molecule has 0 bridgehead atoms. The minimum atomic E-state index is 0.163. The van der Waals surface area contributed by atoms with E-state index >= 15 is 0 Å². The fourth-order valence-electron chi connectivity index (χ4n) is 3.78. The zero-order valence-electron chi connectivity index (χ0n) is 16.3. The van der Waals surface area contributed by atoms with Gasteiger partial charge in [-0.25, -0.2) is 9.97 Å². The van der Waals surface area contributed by atoms with Gasteiger partial charge in [-0.2, -0.15) is 4.98 Å². The molecule has 0 aliphatic carbocycles. The van der Waals surface area contributed by atoms with Crippen LogP contribution >= 0.6 is 0 Å². The van der Waals surface area contributed by atoms with Crippen molar-refractivity contribution >= 4 is 0 Å². The standard InChI is InChI=1S/C22H22N6O/c1-16-4-6-17(7-5-16)14-27-11-2-3-19(27)22-25-21(26-29-22)18-8-9-20(24-13-18)28-12-10-23-15-28/h4-10,12-13,15,19H,2-3,11,14H2,1H3. The summed E-state index contributed by atoms with van der Waals surface area (Å²) in [6.45, 7) is 4.04. The summed E-state index contributed by atoms with van der Waals surface area (Å²) in [5, 5.41) is 4.20. The maximum atomic E-state index is 5.65. The molecule has 4 heterocycles. The Labute approximate surface area is 169 Å². The number of hydrogen-bond acceptors (Lipinski definition) is 6. The van der Waals surface area contributed by atoms with Crippen molar-refractivity contribution in [3.05, 3.63) is 78.3 Å². The summed E-state index contributed by atoms with van der Waals surface area (Å²) in [5.74, 6) is 2.06. The summed E-state index contributed by atoms with van der Waals surface area (Å²) in [4.78, 5) is 15.6. The zero-order valence-corrected chi connectivity index (χ0v) is 16.3. The highest BCUT2D eigenvalue weighted by Gasteiger charge is 2.30. The number of hydrogen-bond donors (Lipinski definition) is 0. The number of aryl methyl sites for hydroxylation is 1. The van der Waals surface area contributed by atoms with Crippen LogP contribution in [0.5, 0.6) is 0 Å². The molecule has 3 aromatic heterocycles. The van der Waals surface area contributed by atoms with Crippen molar-refractivity contribution < 1.29 is 4.52 Å². The van der Waals surface area contributed by atoms with Crippen molar-refractivity contribution in [1.29, 1.82) is 0 Å². The van der Waals surface area contributed by atoms with Gasteiger partial charge in [-0.15, -0.1) is 0 Å². The number of likely N-dealkylation sites (tertiary alicyclic amines) is 1. The molecule has 1 aromatic carbocycles. The molecule has 7 heteroatoms. The van der Waals surface area contributed by atoms with Crippen LogP contribution in [0.25, 0.3) is 17.2 Å². The van der Waals surface area contributed by atoms with Gasteiger partial charge in [0.25, 0.3) is 0 Å². The predicted molar refractivity (Wildman–Crippen MR) is 108 cm³/mol. The topological polar surface area (TPSA) is 72.9 Å². The van der Waals surface area contributed by atoms with Gasteiger partial charge in [-0.05, 0) is 44.0 Å². The first kappa shape index (κ1) is 17.8. The Bertz CT molecular complexity index is 1070. The molecule has 1 fully saturated rings. The van der Waals surface area contributed by atoms with Crippen LogP contribution in [0.2, 0.25) is 0 Å². The third-order valence-corrected chi connectivity index (χ3v) is 5.37. The van der Waals surface area contributed by atoms with E-state index in [4.69, 9.17) is 4.52 Å². The second-order valence-corrected chi connectivity index (χ2v) is 7.45. The molecule has 1 aliphatic rings. The van der Waals surface area contributed by atoms with E-state index in [0.29, 0.717) is 11.7 Å². The average molecular weight is 386 g/mol. The summed E-state index contributed by atoms with van der Waals surface area (Å²) in [6, 6.07) is 12.7. The Morgan fingerprint density at radius 1 is 1.14 bits per heavy atom. The molecule has 1 unspecified atom stereocenters. The lowest BCUT2D eigenvalue weighted by molar-refractivity contribution is 0.201. The molecule has 1 atom stereocenters.